The van der Waals surface area contributed by atoms with Crippen LogP contribution in [0.1, 0.15) is 32.4 Å². The van der Waals surface area contributed by atoms with E-state index in [0.29, 0.717) is 6.04 Å². The maximum absolute atomic E-state index is 4.54. The quantitative estimate of drug-likeness (QED) is 0.864. The molecule has 1 N–H and O–H groups in total. The molecule has 96 valence electrons. The van der Waals surface area contributed by atoms with Crippen LogP contribution in [0.5, 0.6) is 0 Å². The molecule has 0 aromatic carbocycles. The van der Waals surface area contributed by atoms with Crippen molar-refractivity contribution in [1.29, 1.82) is 0 Å². The SMILES string of the molecule is CCc1nn(C)cc1N1CCCNC(CC)C1. The summed E-state index contributed by atoms with van der Waals surface area (Å²) >= 11 is 0. The van der Waals surface area contributed by atoms with Gasteiger partial charge in [0.1, 0.15) is 0 Å². The molecule has 1 aromatic heterocycles. The molecule has 1 atom stereocenters. The topological polar surface area (TPSA) is 33.1 Å². The molecule has 1 aliphatic heterocycles. The molecule has 0 aliphatic carbocycles. The van der Waals surface area contributed by atoms with Gasteiger partial charge >= 0.3 is 0 Å². The first-order valence-corrected chi connectivity index (χ1v) is 6.75. The van der Waals surface area contributed by atoms with Gasteiger partial charge in [-0.05, 0) is 25.8 Å². The maximum atomic E-state index is 4.54. The van der Waals surface area contributed by atoms with Crippen molar-refractivity contribution in [2.75, 3.05) is 24.5 Å². The van der Waals surface area contributed by atoms with Gasteiger partial charge in [0, 0.05) is 32.4 Å². The number of rotatable bonds is 3. The van der Waals surface area contributed by atoms with Crippen molar-refractivity contribution in [3.05, 3.63) is 11.9 Å². The van der Waals surface area contributed by atoms with Gasteiger partial charge in [0.2, 0.25) is 0 Å². The van der Waals surface area contributed by atoms with Crippen LogP contribution >= 0.6 is 0 Å². The Morgan fingerprint density at radius 2 is 2.29 bits per heavy atom. The molecule has 2 rings (SSSR count). The summed E-state index contributed by atoms with van der Waals surface area (Å²) in [6.45, 7) is 7.82. The monoisotopic (exact) mass is 236 g/mol. The van der Waals surface area contributed by atoms with E-state index in [2.05, 4.69) is 35.4 Å². The van der Waals surface area contributed by atoms with Crippen LogP contribution in [0.4, 0.5) is 5.69 Å². The third-order valence-electron chi connectivity index (χ3n) is 3.53. The van der Waals surface area contributed by atoms with Crippen LogP contribution in [0.15, 0.2) is 6.20 Å². The molecule has 0 radical (unpaired) electrons. The van der Waals surface area contributed by atoms with Crippen molar-refractivity contribution in [3.8, 4) is 0 Å². The molecule has 2 heterocycles. The molecule has 0 spiro atoms. The minimum absolute atomic E-state index is 0.613. The van der Waals surface area contributed by atoms with Crippen molar-refractivity contribution >= 4 is 5.69 Å². The Hall–Kier alpha value is -1.03. The van der Waals surface area contributed by atoms with Crippen LogP contribution < -0.4 is 10.2 Å². The van der Waals surface area contributed by atoms with E-state index in [1.807, 2.05) is 11.7 Å². The van der Waals surface area contributed by atoms with Crippen molar-refractivity contribution < 1.29 is 0 Å². The number of hydrogen-bond donors (Lipinski definition) is 1. The van der Waals surface area contributed by atoms with Crippen LogP contribution in [0.2, 0.25) is 0 Å². The Kier molecular flexibility index (Phi) is 4.05. The van der Waals surface area contributed by atoms with E-state index in [1.54, 1.807) is 0 Å². The highest BCUT2D eigenvalue weighted by atomic mass is 15.3. The van der Waals surface area contributed by atoms with Crippen LogP contribution in [-0.4, -0.2) is 35.5 Å². The van der Waals surface area contributed by atoms with Crippen molar-refractivity contribution in [3.63, 3.8) is 0 Å². The van der Waals surface area contributed by atoms with Crippen LogP contribution in [0.25, 0.3) is 0 Å². The van der Waals surface area contributed by atoms with Gasteiger partial charge in [0.25, 0.3) is 0 Å². The highest BCUT2D eigenvalue weighted by molar-refractivity contribution is 5.49. The zero-order valence-electron chi connectivity index (χ0n) is 11.2. The van der Waals surface area contributed by atoms with Crippen molar-refractivity contribution in [1.82, 2.24) is 15.1 Å². The van der Waals surface area contributed by atoms with Gasteiger partial charge in [0.15, 0.2) is 0 Å². The molecular formula is C13H24N4. The number of nitrogens with zero attached hydrogens (tertiary/aromatic N) is 3. The molecule has 17 heavy (non-hydrogen) atoms. The maximum Gasteiger partial charge on any atom is 0.0855 e. The number of hydrogen-bond acceptors (Lipinski definition) is 3. The lowest BCUT2D eigenvalue weighted by atomic mass is 10.2. The summed E-state index contributed by atoms with van der Waals surface area (Å²) < 4.78 is 1.94. The summed E-state index contributed by atoms with van der Waals surface area (Å²) in [5.74, 6) is 0. The van der Waals surface area contributed by atoms with Gasteiger partial charge in [0.05, 0.1) is 11.4 Å². The first-order chi connectivity index (χ1) is 8.24. The van der Waals surface area contributed by atoms with Crippen LogP contribution in [-0.2, 0) is 13.5 Å². The fourth-order valence-electron chi connectivity index (χ4n) is 2.53. The Bertz CT molecular complexity index is 358. The summed E-state index contributed by atoms with van der Waals surface area (Å²) in [6.07, 6.45) is 5.58. The first-order valence-electron chi connectivity index (χ1n) is 6.75. The van der Waals surface area contributed by atoms with Gasteiger partial charge in [-0.15, -0.1) is 0 Å². The second-order valence-electron chi connectivity index (χ2n) is 4.85. The van der Waals surface area contributed by atoms with Gasteiger partial charge in [-0.2, -0.15) is 5.10 Å². The number of anilines is 1. The van der Waals surface area contributed by atoms with Crippen LogP contribution in [0, 0.1) is 0 Å². The number of nitrogens with one attached hydrogen (secondary N) is 1. The van der Waals surface area contributed by atoms with E-state index in [0.717, 1.165) is 26.1 Å². The van der Waals surface area contributed by atoms with E-state index in [9.17, 15) is 0 Å². The molecule has 1 fully saturated rings. The smallest absolute Gasteiger partial charge is 0.0855 e. The zero-order chi connectivity index (χ0) is 12.3. The number of aromatic nitrogens is 2. The lowest BCUT2D eigenvalue weighted by Gasteiger charge is -2.25. The summed E-state index contributed by atoms with van der Waals surface area (Å²) in [6, 6.07) is 0.613. The lowest BCUT2D eigenvalue weighted by Crippen LogP contribution is -2.37. The lowest BCUT2D eigenvalue weighted by molar-refractivity contribution is 0.528. The second-order valence-corrected chi connectivity index (χ2v) is 4.85. The average molecular weight is 236 g/mol. The minimum atomic E-state index is 0.613. The standard InChI is InChI=1S/C13H24N4/c1-4-11-9-17(8-6-7-14-11)13-10-16(3)15-12(13)5-2/h10-11,14H,4-9H2,1-3H3. The van der Waals surface area contributed by atoms with Crippen molar-refractivity contribution in [2.45, 2.75) is 39.2 Å². The molecular weight excluding hydrogens is 212 g/mol. The molecule has 1 unspecified atom stereocenters. The first kappa shape index (κ1) is 12.4. The second kappa shape index (κ2) is 5.54. The van der Waals surface area contributed by atoms with Crippen molar-refractivity contribution in [2.24, 2.45) is 7.05 Å². The summed E-state index contributed by atoms with van der Waals surface area (Å²) in [5, 5.41) is 8.15. The molecule has 0 saturated carbocycles. The van der Waals surface area contributed by atoms with Crippen LogP contribution in [0.3, 0.4) is 0 Å². The third-order valence-corrected chi connectivity index (χ3v) is 3.53. The molecule has 1 aliphatic rings. The largest absolute Gasteiger partial charge is 0.367 e. The van der Waals surface area contributed by atoms with Gasteiger partial charge in [-0.1, -0.05) is 13.8 Å². The summed E-state index contributed by atoms with van der Waals surface area (Å²) in [5.41, 5.74) is 2.56. The summed E-state index contributed by atoms with van der Waals surface area (Å²) in [7, 11) is 2.01. The Labute approximate surface area is 104 Å². The Morgan fingerprint density at radius 3 is 3.00 bits per heavy atom. The predicted molar refractivity (Wildman–Crippen MR) is 71.5 cm³/mol. The predicted octanol–water partition coefficient (Wildman–Crippen LogP) is 1.56. The van der Waals surface area contributed by atoms with Gasteiger partial charge in [-0.25, -0.2) is 0 Å². The molecule has 4 nitrogen and oxygen atoms in total. The third kappa shape index (κ3) is 2.80. The van der Waals surface area contributed by atoms with Gasteiger partial charge in [-0.3, -0.25) is 4.68 Å². The summed E-state index contributed by atoms with van der Waals surface area (Å²) in [4.78, 5) is 2.50. The Balaban J connectivity index is 2.18. The molecule has 4 heteroatoms. The normalized spacial score (nSPS) is 21.6. The Morgan fingerprint density at radius 1 is 1.47 bits per heavy atom. The zero-order valence-corrected chi connectivity index (χ0v) is 11.2. The van der Waals surface area contributed by atoms with Gasteiger partial charge < -0.3 is 10.2 Å². The van der Waals surface area contributed by atoms with E-state index in [4.69, 9.17) is 0 Å². The molecule has 0 bridgehead atoms. The fraction of sp³-hybridized carbons (Fsp3) is 0.769. The van der Waals surface area contributed by atoms with E-state index in [-0.39, 0.29) is 0 Å². The van der Waals surface area contributed by atoms with E-state index >= 15 is 0 Å². The molecule has 1 aromatic rings. The molecule has 1 saturated heterocycles. The highest BCUT2D eigenvalue weighted by Crippen LogP contribution is 2.21. The van der Waals surface area contributed by atoms with E-state index in [1.165, 1.54) is 24.2 Å². The fourth-order valence-corrected chi connectivity index (χ4v) is 2.53. The highest BCUT2D eigenvalue weighted by Gasteiger charge is 2.19. The van der Waals surface area contributed by atoms with E-state index < -0.39 is 0 Å². The molecule has 0 amide bonds. The number of aryl methyl sites for hydroxylation is 2. The minimum Gasteiger partial charge on any atom is -0.367 e. The average Bonchev–Trinajstić information content (AvgIpc) is 2.58.